The van der Waals surface area contributed by atoms with E-state index in [0.717, 1.165) is 16.7 Å². The van der Waals surface area contributed by atoms with Crippen LogP contribution in [0.2, 0.25) is 0 Å². The Morgan fingerprint density at radius 2 is 1.85 bits per heavy atom. The summed E-state index contributed by atoms with van der Waals surface area (Å²) in [7, 11) is 3.17. The van der Waals surface area contributed by atoms with Gasteiger partial charge in [0.1, 0.15) is 11.5 Å². The lowest BCUT2D eigenvalue weighted by Crippen LogP contribution is -2.23. The van der Waals surface area contributed by atoms with Crippen molar-refractivity contribution in [1.29, 1.82) is 0 Å². The molecule has 168 valence electrons. The number of aliphatic imine (C=N–C) groups is 1. The first kappa shape index (κ1) is 22.0. The smallest absolute Gasteiger partial charge is 0.269 e. The number of aromatic nitrogens is 2. The lowest BCUT2D eigenvalue weighted by molar-refractivity contribution is -0.113. The molecule has 0 radical (unpaired) electrons. The number of dihydropyridines is 1. The van der Waals surface area contributed by atoms with Crippen LogP contribution in [-0.4, -0.2) is 41.8 Å². The number of nitrogens with zero attached hydrogens (tertiary/aromatic N) is 3. The minimum absolute atomic E-state index is 0.181. The summed E-state index contributed by atoms with van der Waals surface area (Å²) >= 11 is 0. The van der Waals surface area contributed by atoms with Crippen molar-refractivity contribution in [2.24, 2.45) is 4.99 Å². The Bertz CT molecular complexity index is 1180. The Labute approximate surface area is 191 Å². The van der Waals surface area contributed by atoms with Gasteiger partial charge in [0.2, 0.25) is 0 Å². The van der Waals surface area contributed by atoms with Crippen molar-refractivity contribution in [3.8, 4) is 11.5 Å². The van der Waals surface area contributed by atoms with Crippen LogP contribution in [0.4, 0.5) is 0 Å². The second-order valence-corrected chi connectivity index (χ2v) is 7.60. The normalized spacial score (nSPS) is 14.8. The first-order valence-corrected chi connectivity index (χ1v) is 10.4. The predicted octanol–water partition coefficient (Wildman–Crippen LogP) is 3.13. The molecule has 4 rings (SSSR count). The zero-order chi connectivity index (χ0) is 23.2. The molecule has 0 aliphatic carbocycles. The summed E-state index contributed by atoms with van der Waals surface area (Å²) < 4.78 is 12.5. The van der Waals surface area contributed by atoms with Gasteiger partial charge in [-0.2, -0.15) is 0 Å². The number of ether oxygens (including phenoxy) is 2. The summed E-state index contributed by atoms with van der Waals surface area (Å²) in [6.45, 7) is 0.875. The molecule has 8 nitrogen and oxygen atoms in total. The zero-order valence-corrected chi connectivity index (χ0v) is 18.4. The highest BCUT2D eigenvalue weighted by Gasteiger charge is 2.16. The van der Waals surface area contributed by atoms with Gasteiger partial charge in [-0.3, -0.25) is 9.59 Å². The molecule has 0 spiro atoms. The molecule has 8 heteroatoms. The summed E-state index contributed by atoms with van der Waals surface area (Å²) in [6, 6.07) is 11.2. The van der Waals surface area contributed by atoms with Gasteiger partial charge in [-0.25, -0.2) is 9.98 Å². The monoisotopic (exact) mass is 444 g/mol. The fourth-order valence-electron chi connectivity index (χ4n) is 3.61. The number of methoxy groups -OCH3 is 2. The largest absolute Gasteiger partial charge is 0.497 e. The third-order valence-electron chi connectivity index (χ3n) is 5.26. The first-order valence-electron chi connectivity index (χ1n) is 10.4. The molecule has 2 amide bonds. The van der Waals surface area contributed by atoms with E-state index in [1.165, 1.54) is 6.08 Å². The molecule has 0 bridgehead atoms. The summed E-state index contributed by atoms with van der Waals surface area (Å²) in [4.78, 5) is 32.5. The third-order valence-corrected chi connectivity index (χ3v) is 5.26. The van der Waals surface area contributed by atoms with Gasteiger partial charge in [-0.1, -0.05) is 12.1 Å². The van der Waals surface area contributed by atoms with Gasteiger partial charge >= 0.3 is 0 Å². The van der Waals surface area contributed by atoms with Crippen molar-refractivity contribution in [3.05, 3.63) is 89.5 Å². The van der Waals surface area contributed by atoms with E-state index in [-0.39, 0.29) is 17.7 Å². The molecule has 2 heterocycles. The molecular formula is C25H24N4O4. The average molecular weight is 444 g/mol. The topological polar surface area (TPSA) is 94.8 Å². The van der Waals surface area contributed by atoms with Crippen LogP contribution in [0, 0.1) is 0 Å². The number of nitrogens with one attached hydrogen (secondary N) is 1. The molecule has 33 heavy (non-hydrogen) atoms. The molecule has 0 saturated carbocycles. The lowest BCUT2D eigenvalue weighted by atomic mass is 9.94. The Hall–Kier alpha value is -4.20. The summed E-state index contributed by atoms with van der Waals surface area (Å²) in [6.07, 6.45) is 10.1. The minimum atomic E-state index is -0.285. The quantitative estimate of drug-likeness (QED) is 0.576. The fourth-order valence-corrected chi connectivity index (χ4v) is 3.61. The molecule has 1 unspecified atom stereocenters. The van der Waals surface area contributed by atoms with Gasteiger partial charge in [-0.05, 0) is 41.0 Å². The Balaban J connectivity index is 1.58. The van der Waals surface area contributed by atoms with Crippen LogP contribution in [-0.2, 0) is 17.9 Å². The summed E-state index contributed by atoms with van der Waals surface area (Å²) in [5.74, 6) is 0.632. The Kier molecular flexibility index (Phi) is 6.64. The van der Waals surface area contributed by atoms with Crippen LogP contribution in [0.1, 0.15) is 33.0 Å². The van der Waals surface area contributed by atoms with Crippen molar-refractivity contribution < 1.29 is 19.1 Å². The third kappa shape index (κ3) is 5.54. The van der Waals surface area contributed by atoms with E-state index in [2.05, 4.69) is 15.3 Å². The van der Waals surface area contributed by atoms with E-state index in [4.69, 9.17) is 9.47 Å². The molecule has 1 aromatic heterocycles. The molecule has 2 aromatic carbocycles. The van der Waals surface area contributed by atoms with E-state index in [1.54, 1.807) is 45.1 Å². The number of carbonyl (C=O) groups is 2. The van der Waals surface area contributed by atoms with Crippen molar-refractivity contribution in [2.45, 2.75) is 19.0 Å². The second-order valence-electron chi connectivity index (χ2n) is 7.60. The molecule has 1 N–H and O–H groups in total. The highest BCUT2D eigenvalue weighted by atomic mass is 16.5. The highest BCUT2D eigenvalue weighted by Crippen LogP contribution is 2.24. The number of benzene rings is 2. The van der Waals surface area contributed by atoms with Crippen LogP contribution in [0.5, 0.6) is 11.5 Å². The summed E-state index contributed by atoms with van der Waals surface area (Å²) in [5.41, 5.74) is 3.21. The second kappa shape index (κ2) is 9.95. The standard InChI is InChI=1S/C25H24N4O4/c1-32-22-9-17(10-23(12-22)33-2)13-28-25(31)21-8-18(15-29-6-5-26-16-29)7-20(11-21)19-3-4-24(30)27-14-19/h3-12,14,16,19H,13,15H2,1-2H3,(H,28,31). The summed E-state index contributed by atoms with van der Waals surface area (Å²) in [5, 5.41) is 2.97. The fraction of sp³-hybridized carbons (Fsp3) is 0.200. The number of rotatable bonds is 8. The molecule has 0 fully saturated rings. The number of hydrogen-bond donors (Lipinski definition) is 1. The van der Waals surface area contributed by atoms with Crippen LogP contribution in [0.15, 0.2) is 72.3 Å². The maximum atomic E-state index is 13.1. The maximum Gasteiger partial charge on any atom is 0.269 e. The van der Waals surface area contributed by atoms with Crippen molar-refractivity contribution in [3.63, 3.8) is 0 Å². The van der Waals surface area contributed by atoms with E-state index >= 15 is 0 Å². The van der Waals surface area contributed by atoms with Crippen molar-refractivity contribution >= 4 is 18.0 Å². The number of hydrogen-bond acceptors (Lipinski definition) is 5. The molecule has 0 saturated heterocycles. The van der Waals surface area contributed by atoms with Crippen LogP contribution in [0.25, 0.3) is 0 Å². The van der Waals surface area contributed by atoms with Crippen LogP contribution >= 0.6 is 0 Å². The van der Waals surface area contributed by atoms with Crippen LogP contribution in [0.3, 0.4) is 0 Å². The van der Waals surface area contributed by atoms with E-state index < -0.39 is 0 Å². The van der Waals surface area contributed by atoms with E-state index in [1.807, 2.05) is 41.1 Å². The zero-order valence-electron chi connectivity index (χ0n) is 18.4. The number of imidazole rings is 1. The molecule has 1 aliphatic rings. The van der Waals surface area contributed by atoms with E-state index in [9.17, 15) is 9.59 Å². The minimum Gasteiger partial charge on any atom is -0.497 e. The predicted molar refractivity (Wildman–Crippen MR) is 124 cm³/mol. The maximum absolute atomic E-state index is 13.1. The van der Waals surface area contributed by atoms with Gasteiger partial charge < -0.3 is 19.4 Å². The van der Waals surface area contributed by atoms with Gasteiger partial charge in [-0.15, -0.1) is 0 Å². The van der Waals surface area contributed by atoms with Crippen LogP contribution < -0.4 is 14.8 Å². The van der Waals surface area contributed by atoms with Crippen molar-refractivity contribution in [1.82, 2.24) is 14.9 Å². The van der Waals surface area contributed by atoms with E-state index in [0.29, 0.717) is 30.2 Å². The van der Waals surface area contributed by atoms with Gasteiger partial charge in [0.15, 0.2) is 0 Å². The van der Waals surface area contributed by atoms with Gasteiger partial charge in [0.25, 0.3) is 11.8 Å². The molecule has 1 aliphatic heterocycles. The Morgan fingerprint density at radius 1 is 1.06 bits per heavy atom. The lowest BCUT2D eigenvalue weighted by Gasteiger charge is -2.15. The SMILES string of the molecule is COc1cc(CNC(=O)c2cc(Cn3ccnc3)cc(C3C=CC(=O)N=C3)c2)cc(OC)c1. The van der Waals surface area contributed by atoms with Gasteiger partial charge in [0.05, 0.1) is 20.5 Å². The Morgan fingerprint density at radius 3 is 2.48 bits per heavy atom. The number of carbonyl (C=O) groups excluding carboxylic acids is 2. The first-order chi connectivity index (χ1) is 16.0. The van der Waals surface area contributed by atoms with Crippen molar-refractivity contribution in [2.75, 3.05) is 14.2 Å². The highest BCUT2D eigenvalue weighted by molar-refractivity contribution is 5.99. The average Bonchev–Trinajstić information content (AvgIpc) is 3.35. The van der Waals surface area contributed by atoms with Gasteiger partial charge in [0, 0.05) is 55.3 Å². The number of allylic oxidation sites excluding steroid dienone is 1. The number of amides is 2. The molecular weight excluding hydrogens is 420 g/mol. The molecule has 3 aromatic rings. The molecule has 1 atom stereocenters.